The third kappa shape index (κ3) is 7.94. The summed E-state index contributed by atoms with van der Waals surface area (Å²) in [5.74, 6) is -0.182. The lowest BCUT2D eigenvalue weighted by Crippen LogP contribution is -2.18. The minimum Gasteiger partial charge on any atom is -0.491 e. The van der Waals surface area contributed by atoms with E-state index in [4.69, 9.17) is 19.8 Å². The van der Waals surface area contributed by atoms with Gasteiger partial charge in [0, 0.05) is 22.7 Å². The highest BCUT2D eigenvalue weighted by Gasteiger charge is 2.17. The van der Waals surface area contributed by atoms with Gasteiger partial charge in [-0.1, -0.05) is 34.1 Å². The molecule has 2 amide bonds. The van der Waals surface area contributed by atoms with Crippen molar-refractivity contribution in [2.24, 2.45) is 0 Å². The fourth-order valence-corrected chi connectivity index (χ4v) is 2.63. The molecule has 154 valence electrons. The van der Waals surface area contributed by atoms with Crippen LogP contribution in [0, 0.1) is 0 Å². The van der Waals surface area contributed by atoms with E-state index in [1.807, 2.05) is 0 Å². The highest BCUT2D eigenvalue weighted by atomic mass is 79.9. The Hall–Kier alpha value is -2.88. The van der Waals surface area contributed by atoms with Gasteiger partial charge in [-0.2, -0.15) is 0 Å². The van der Waals surface area contributed by atoms with E-state index < -0.39 is 18.1 Å². The molecule has 2 aromatic carbocycles. The van der Waals surface area contributed by atoms with Gasteiger partial charge in [-0.05, 0) is 42.0 Å². The molecule has 0 fully saturated rings. The van der Waals surface area contributed by atoms with Crippen molar-refractivity contribution < 1.29 is 29.4 Å². The number of hydroxylamine groups is 1. The third-order valence-corrected chi connectivity index (χ3v) is 4.19. The van der Waals surface area contributed by atoms with E-state index in [-0.39, 0.29) is 19.6 Å². The molecule has 8 nitrogen and oxygen atoms in total. The summed E-state index contributed by atoms with van der Waals surface area (Å²) in [5.41, 5.74) is 2.70. The molecule has 9 heteroatoms. The average Bonchev–Trinajstić information content (AvgIpc) is 2.73. The third-order valence-electron chi connectivity index (χ3n) is 3.66. The van der Waals surface area contributed by atoms with E-state index in [1.165, 1.54) is 11.6 Å². The molecule has 0 aliphatic heterocycles. The molecule has 0 spiro atoms. The zero-order chi connectivity index (χ0) is 21.1. The number of nitrogens with one attached hydrogen (secondary N) is 2. The van der Waals surface area contributed by atoms with Crippen LogP contribution in [0.4, 0.5) is 10.5 Å². The molecule has 29 heavy (non-hydrogen) atoms. The van der Waals surface area contributed by atoms with Crippen molar-refractivity contribution in [3.63, 3.8) is 0 Å². The predicted octanol–water partition coefficient (Wildman–Crippen LogP) is 3.56. The van der Waals surface area contributed by atoms with Gasteiger partial charge in [0.1, 0.15) is 18.5 Å². The first-order valence-corrected chi connectivity index (χ1v) is 9.48. The SMILES string of the molecule is O=C(/C=C/C[C@H](OC(=O)Nc1ccc(Br)cc1)c1cccc(OCCO)c1)NO. The van der Waals surface area contributed by atoms with Crippen LogP contribution in [-0.4, -0.2) is 35.5 Å². The van der Waals surface area contributed by atoms with Crippen molar-refractivity contribution in [1.82, 2.24) is 5.48 Å². The van der Waals surface area contributed by atoms with Crippen LogP contribution in [0.15, 0.2) is 65.2 Å². The van der Waals surface area contributed by atoms with Crippen LogP contribution in [0.3, 0.4) is 0 Å². The molecular formula is C20H21BrN2O6. The number of ether oxygens (including phenoxy) is 2. The second-order valence-corrected chi connectivity index (χ2v) is 6.70. The zero-order valence-electron chi connectivity index (χ0n) is 15.4. The van der Waals surface area contributed by atoms with Gasteiger partial charge >= 0.3 is 6.09 Å². The minimum atomic E-state index is -0.717. The Labute approximate surface area is 176 Å². The molecule has 0 aliphatic rings. The lowest BCUT2D eigenvalue weighted by Gasteiger charge is -2.18. The Morgan fingerprint density at radius 2 is 1.93 bits per heavy atom. The van der Waals surface area contributed by atoms with Gasteiger partial charge < -0.3 is 14.6 Å². The van der Waals surface area contributed by atoms with E-state index in [0.29, 0.717) is 17.0 Å². The first-order chi connectivity index (χ1) is 14.0. The number of halogens is 1. The van der Waals surface area contributed by atoms with Crippen LogP contribution in [0.25, 0.3) is 0 Å². The molecule has 0 radical (unpaired) electrons. The van der Waals surface area contributed by atoms with E-state index in [9.17, 15) is 9.59 Å². The molecule has 0 unspecified atom stereocenters. The summed E-state index contributed by atoms with van der Waals surface area (Å²) >= 11 is 3.32. The van der Waals surface area contributed by atoms with Gasteiger partial charge in [0.2, 0.25) is 0 Å². The molecule has 4 N–H and O–H groups in total. The summed E-state index contributed by atoms with van der Waals surface area (Å²) < 4.78 is 11.8. The normalized spacial score (nSPS) is 11.7. The number of rotatable bonds is 9. The van der Waals surface area contributed by atoms with Crippen LogP contribution in [-0.2, 0) is 9.53 Å². The average molecular weight is 465 g/mol. The Kier molecular flexibility index (Phi) is 9.16. The van der Waals surface area contributed by atoms with Crippen molar-refractivity contribution in [2.75, 3.05) is 18.5 Å². The summed E-state index contributed by atoms with van der Waals surface area (Å²) in [6.07, 6.45) is 1.41. The Morgan fingerprint density at radius 3 is 2.62 bits per heavy atom. The maximum atomic E-state index is 12.3. The number of carbonyl (C=O) groups is 2. The smallest absolute Gasteiger partial charge is 0.412 e. The Morgan fingerprint density at radius 1 is 1.17 bits per heavy atom. The van der Waals surface area contributed by atoms with Crippen LogP contribution in [0.2, 0.25) is 0 Å². The number of hydrogen-bond donors (Lipinski definition) is 4. The molecule has 0 saturated heterocycles. The molecule has 0 aromatic heterocycles. The number of amides is 2. The summed E-state index contributed by atoms with van der Waals surface area (Å²) in [6, 6.07) is 13.9. The highest BCUT2D eigenvalue weighted by molar-refractivity contribution is 9.10. The van der Waals surface area contributed by atoms with Crippen molar-refractivity contribution in [3.8, 4) is 5.75 Å². The molecule has 0 saturated carbocycles. The summed E-state index contributed by atoms with van der Waals surface area (Å²) in [7, 11) is 0. The maximum absolute atomic E-state index is 12.3. The van der Waals surface area contributed by atoms with Gasteiger partial charge in [0.15, 0.2) is 0 Å². The summed E-state index contributed by atoms with van der Waals surface area (Å²) in [5, 5.41) is 20.1. The molecule has 2 rings (SSSR count). The first kappa shape index (κ1) is 22.4. The lowest BCUT2D eigenvalue weighted by atomic mass is 10.1. The van der Waals surface area contributed by atoms with Crippen LogP contribution in [0.1, 0.15) is 18.1 Å². The maximum Gasteiger partial charge on any atom is 0.412 e. The molecule has 0 aliphatic carbocycles. The number of hydrogen-bond acceptors (Lipinski definition) is 6. The zero-order valence-corrected chi connectivity index (χ0v) is 17.0. The summed E-state index contributed by atoms with van der Waals surface area (Å²) in [6.45, 7) is 0.00830. The largest absolute Gasteiger partial charge is 0.491 e. The van der Waals surface area contributed by atoms with Crippen LogP contribution < -0.4 is 15.5 Å². The van der Waals surface area contributed by atoms with E-state index >= 15 is 0 Å². The number of anilines is 1. The second-order valence-electron chi connectivity index (χ2n) is 5.78. The van der Waals surface area contributed by atoms with E-state index in [1.54, 1.807) is 48.5 Å². The minimum absolute atomic E-state index is 0.126. The van der Waals surface area contributed by atoms with Gasteiger partial charge in [-0.15, -0.1) is 0 Å². The fraction of sp³-hybridized carbons (Fsp3) is 0.200. The van der Waals surface area contributed by atoms with Gasteiger partial charge in [-0.25, -0.2) is 10.3 Å². The van der Waals surface area contributed by atoms with Gasteiger partial charge in [0.05, 0.1) is 6.61 Å². The topological polar surface area (TPSA) is 117 Å². The Balaban J connectivity index is 2.13. The predicted molar refractivity (Wildman–Crippen MR) is 110 cm³/mol. The monoisotopic (exact) mass is 464 g/mol. The van der Waals surface area contributed by atoms with Crippen molar-refractivity contribution in [2.45, 2.75) is 12.5 Å². The second kappa shape index (κ2) is 11.8. The highest BCUT2D eigenvalue weighted by Crippen LogP contribution is 2.26. The van der Waals surface area contributed by atoms with Gasteiger partial charge in [-0.3, -0.25) is 15.3 Å². The Bertz CT molecular complexity index is 841. The molecule has 0 heterocycles. The number of benzene rings is 2. The van der Waals surface area contributed by atoms with Crippen molar-refractivity contribution >= 4 is 33.6 Å². The summed E-state index contributed by atoms with van der Waals surface area (Å²) in [4.78, 5) is 23.5. The standard InChI is InChI=1S/C20H21BrN2O6/c21-15-7-9-16(10-8-15)22-20(26)29-18(5-2-6-19(25)23-27)14-3-1-4-17(13-14)28-12-11-24/h1-4,6-10,13,18,24,27H,5,11-12H2,(H,22,26)(H,23,25)/b6-2+/t18-/m0/s1. The van der Waals surface area contributed by atoms with Crippen LogP contribution in [0.5, 0.6) is 5.75 Å². The molecule has 1 atom stereocenters. The molecular weight excluding hydrogens is 444 g/mol. The number of carbonyl (C=O) groups excluding carboxylic acids is 2. The number of aliphatic hydroxyl groups is 1. The van der Waals surface area contributed by atoms with Gasteiger partial charge in [0.25, 0.3) is 5.91 Å². The number of aliphatic hydroxyl groups excluding tert-OH is 1. The molecule has 2 aromatic rings. The van der Waals surface area contributed by atoms with E-state index in [0.717, 1.165) is 10.5 Å². The quantitative estimate of drug-likeness (QED) is 0.256. The van der Waals surface area contributed by atoms with Crippen molar-refractivity contribution in [3.05, 3.63) is 70.7 Å². The fourth-order valence-electron chi connectivity index (χ4n) is 2.37. The van der Waals surface area contributed by atoms with Crippen molar-refractivity contribution in [1.29, 1.82) is 0 Å². The van der Waals surface area contributed by atoms with Crippen LogP contribution >= 0.6 is 15.9 Å². The lowest BCUT2D eigenvalue weighted by molar-refractivity contribution is -0.124. The molecule has 0 bridgehead atoms. The van der Waals surface area contributed by atoms with E-state index in [2.05, 4.69) is 21.2 Å². The first-order valence-electron chi connectivity index (χ1n) is 8.69.